The highest BCUT2D eigenvalue weighted by Crippen LogP contribution is 2.15. The number of carbonyl (C=O) groups is 1. The molecular weight excluding hydrogens is 276 g/mol. The zero-order valence-electron chi connectivity index (χ0n) is 14.0. The Kier molecular flexibility index (Phi) is 9.04. The van der Waals surface area contributed by atoms with Crippen LogP contribution in [0.3, 0.4) is 0 Å². The molecule has 0 heterocycles. The fourth-order valence-electron chi connectivity index (χ4n) is 2.19. The van der Waals surface area contributed by atoms with Crippen LogP contribution in [0, 0.1) is 0 Å². The van der Waals surface area contributed by atoms with Gasteiger partial charge in [-0.1, -0.05) is 57.0 Å². The predicted octanol–water partition coefficient (Wildman–Crippen LogP) is 4.97. The summed E-state index contributed by atoms with van der Waals surface area (Å²) in [5.41, 5.74) is 0.932. The van der Waals surface area contributed by atoms with Gasteiger partial charge < -0.3 is 9.47 Å². The van der Waals surface area contributed by atoms with Gasteiger partial charge in [-0.3, -0.25) is 0 Å². The Morgan fingerprint density at radius 1 is 1.14 bits per heavy atom. The highest BCUT2D eigenvalue weighted by Gasteiger charge is 2.17. The molecule has 0 aliphatic heterocycles. The number of carbonyl (C=O) groups excluding carboxylic acids is 1. The quantitative estimate of drug-likeness (QED) is 0.265. The van der Waals surface area contributed by atoms with Gasteiger partial charge >= 0.3 is 5.97 Å². The lowest BCUT2D eigenvalue weighted by atomic mass is 10.1. The van der Waals surface area contributed by atoms with Crippen molar-refractivity contribution in [3.63, 3.8) is 0 Å². The Morgan fingerprint density at radius 2 is 1.86 bits per heavy atom. The molecule has 0 aromatic heterocycles. The second-order valence-electron chi connectivity index (χ2n) is 5.28. The maximum Gasteiger partial charge on any atom is 0.373 e. The van der Waals surface area contributed by atoms with Gasteiger partial charge in [0.2, 0.25) is 5.76 Å². The summed E-state index contributed by atoms with van der Waals surface area (Å²) in [6.07, 6.45) is 6.90. The molecule has 0 aliphatic rings. The van der Waals surface area contributed by atoms with Crippen LogP contribution in [-0.4, -0.2) is 18.7 Å². The summed E-state index contributed by atoms with van der Waals surface area (Å²) in [5, 5.41) is 0. The van der Waals surface area contributed by atoms with Crippen LogP contribution in [0.25, 0.3) is 6.08 Å². The van der Waals surface area contributed by atoms with Crippen molar-refractivity contribution in [1.29, 1.82) is 0 Å². The zero-order chi connectivity index (χ0) is 16.2. The molecule has 0 N–H and O–H groups in total. The van der Waals surface area contributed by atoms with Crippen molar-refractivity contribution in [1.82, 2.24) is 0 Å². The first kappa shape index (κ1) is 18.3. The van der Waals surface area contributed by atoms with E-state index < -0.39 is 0 Å². The highest BCUT2D eigenvalue weighted by atomic mass is 16.6. The van der Waals surface area contributed by atoms with Crippen molar-refractivity contribution >= 4 is 12.0 Å². The lowest BCUT2D eigenvalue weighted by Crippen LogP contribution is -2.20. The number of hydrogen-bond donors (Lipinski definition) is 0. The lowest BCUT2D eigenvalue weighted by Gasteiger charge is -2.17. The Labute approximate surface area is 134 Å². The van der Waals surface area contributed by atoms with Crippen LogP contribution < -0.4 is 0 Å². The van der Waals surface area contributed by atoms with Gasteiger partial charge in [0.15, 0.2) is 0 Å². The molecule has 1 unspecified atom stereocenters. The number of esters is 1. The summed E-state index contributed by atoms with van der Waals surface area (Å²) in [7, 11) is 0. The highest BCUT2D eigenvalue weighted by molar-refractivity contribution is 5.91. The van der Waals surface area contributed by atoms with Crippen LogP contribution in [-0.2, 0) is 14.3 Å². The van der Waals surface area contributed by atoms with E-state index >= 15 is 0 Å². The molecule has 0 aliphatic carbocycles. The van der Waals surface area contributed by atoms with Gasteiger partial charge in [0.1, 0.15) is 6.10 Å². The molecule has 122 valence electrons. The van der Waals surface area contributed by atoms with Gasteiger partial charge in [0.05, 0.1) is 6.61 Å². The van der Waals surface area contributed by atoms with Gasteiger partial charge in [-0.15, -0.1) is 0 Å². The molecule has 0 bridgehead atoms. The average molecular weight is 304 g/mol. The number of unbranched alkanes of at least 4 members (excludes halogenated alkanes) is 2. The third kappa shape index (κ3) is 6.79. The number of benzene rings is 1. The van der Waals surface area contributed by atoms with Crippen molar-refractivity contribution in [2.75, 3.05) is 6.61 Å². The van der Waals surface area contributed by atoms with Crippen LogP contribution in [0.5, 0.6) is 0 Å². The summed E-state index contributed by atoms with van der Waals surface area (Å²) in [6.45, 7) is 6.53. The minimum atomic E-state index is -0.367. The minimum absolute atomic E-state index is 0.0290. The third-order valence-electron chi connectivity index (χ3n) is 3.46. The first-order valence-corrected chi connectivity index (χ1v) is 8.31. The standard InChI is InChI=1S/C19H28O3/c1-4-7-9-14-17(5-2)22-19(20)18(21-6-3)15-16-12-10-8-11-13-16/h8,10-13,15,17H,4-7,9,14H2,1-3H3. The van der Waals surface area contributed by atoms with Crippen molar-refractivity contribution in [2.24, 2.45) is 0 Å². The molecule has 3 heteroatoms. The first-order chi connectivity index (χ1) is 10.7. The van der Waals surface area contributed by atoms with Gasteiger partial charge in [-0.2, -0.15) is 0 Å². The van der Waals surface area contributed by atoms with Crippen LogP contribution in [0.1, 0.15) is 58.4 Å². The molecule has 0 saturated heterocycles. The molecule has 1 aromatic rings. The largest absolute Gasteiger partial charge is 0.487 e. The van der Waals surface area contributed by atoms with Crippen molar-refractivity contribution < 1.29 is 14.3 Å². The fourth-order valence-corrected chi connectivity index (χ4v) is 2.19. The third-order valence-corrected chi connectivity index (χ3v) is 3.46. The zero-order valence-corrected chi connectivity index (χ0v) is 14.0. The topological polar surface area (TPSA) is 35.5 Å². The van der Waals surface area contributed by atoms with E-state index in [0.29, 0.717) is 6.61 Å². The Bertz CT molecular complexity index is 451. The summed E-state index contributed by atoms with van der Waals surface area (Å²) < 4.78 is 11.1. The minimum Gasteiger partial charge on any atom is -0.487 e. The number of hydrogen-bond acceptors (Lipinski definition) is 3. The Hall–Kier alpha value is -1.77. The molecular formula is C19H28O3. The van der Waals surface area contributed by atoms with Gasteiger partial charge in [-0.25, -0.2) is 4.79 Å². The Morgan fingerprint density at radius 3 is 2.45 bits per heavy atom. The van der Waals surface area contributed by atoms with E-state index in [9.17, 15) is 4.79 Å². The van der Waals surface area contributed by atoms with Crippen molar-refractivity contribution in [3.05, 3.63) is 41.7 Å². The monoisotopic (exact) mass is 304 g/mol. The molecule has 0 spiro atoms. The van der Waals surface area contributed by atoms with E-state index in [-0.39, 0.29) is 17.8 Å². The summed E-state index contributed by atoms with van der Waals surface area (Å²) in [5.74, 6) is -0.0864. The van der Waals surface area contributed by atoms with Gasteiger partial charge in [0.25, 0.3) is 0 Å². The summed E-state index contributed by atoms with van der Waals surface area (Å²) in [6, 6.07) is 9.67. The number of rotatable bonds is 10. The van der Waals surface area contributed by atoms with E-state index in [1.807, 2.05) is 44.2 Å². The maximum atomic E-state index is 12.3. The second kappa shape index (κ2) is 10.9. The molecule has 1 atom stereocenters. The molecule has 0 fully saturated rings. The second-order valence-corrected chi connectivity index (χ2v) is 5.28. The fraction of sp³-hybridized carbons (Fsp3) is 0.526. The molecule has 22 heavy (non-hydrogen) atoms. The van der Waals surface area contributed by atoms with Gasteiger partial charge in [0, 0.05) is 0 Å². The van der Waals surface area contributed by atoms with Crippen LogP contribution in [0.15, 0.2) is 36.1 Å². The van der Waals surface area contributed by atoms with E-state index in [4.69, 9.17) is 9.47 Å². The lowest BCUT2D eigenvalue weighted by molar-refractivity contribution is -0.148. The predicted molar refractivity (Wildman–Crippen MR) is 90.4 cm³/mol. The SMILES string of the molecule is CCCCCC(CC)OC(=O)C(=Cc1ccccc1)OCC. The average Bonchev–Trinajstić information content (AvgIpc) is 2.54. The maximum absolute atomic E-state index is 12.3. The van der Waals surface area contributed by atoms with E-state index in [0.717, 1.165) is 24.8 Å². The normalized spacial score (nSPS) is 12.8. The van der Waals surface area contributed by atoms with Crippen LogP contribution >= 0.6 is 0 Å². The van der Waals surface area contributed by atoms with Gasteiger partial charge in [-0.05, 0) is 37.8 Å². The van der Waals surface area contributed by atoms with E-state index in [1.54, 1.807) is 6.08 Å². The molecule has 0 radical (unpaired) electrons. The van der Waals surface area contributed by atoms with Crippen molar-refractivity contribution in [3.8, 4) is 0 Å². The van der Waals surface area contributed by atoms with Crippen molar-refractivity contribution in [2.45, 2.75) is 59.0 Å². The Balaban J connectivity index is 2.69. The van der Waals surface area contributed by atoms with E-state index in [2.05, 4.69) is 6.92 Å². The first-order valence-electron chi connectivity index (χ1n) is 8.31. The molecule has 1 rings (SSSR count). The molecule has 0 saturated carbocycles. The molecule has 1 aromatic carbocycles. The van der Waals surface area contributed by atoms with E-state index in [1.165, 1.54) is 12.8 Å². The van der Waals surface area contributed by atoms with Crippen LogP contribution in [0.4, 0.5) is 0 Å². The smallest absolute Gasteiger partial charge is 0.373 e. The number of ether oxygens (including phenoxy) is 2. The molecule has 0 amide bonds. The molecule has 3 nitrogen and oxygen atoms in total. The summed E-state index contributed by atoms with van der Waals surface area (Å²) >= 11 is 0. The van der Waals surface area contributed by atoms with Crippen LogP contribution in [0.2, 0.25) is 0 Å². The summed E-state index contributed by atoms with van der Waals surface area (Å²) in [4.78, 5) is 12.3.